The zero-order valence-corrected chi connectivity index (χ0v) is 38.0. The summed E-state index contributed by atoms with van der Waals surface area (Å²) in [5, 5.41) is 9.87. The largest absolute Gasteiger partial charge is 0.310 e. The molecule has 0 aliphatic rings. The molecule has 0 atom stereocenters. The van der Waals surface area contributed by atoms with E-state index >= 15 is 0 Å². The van der Waals surface area contributed by atoms with Crippen LogP contribution in [0.1, 0.15) is 0 Å². The number of aromatic nitrogens is 2. The Labute approximate surface area is 404 Å². The zero-order chi connectivity index (χ0) is 45.9. The predicted octanol–water partition coefficient (Wildman–Crippen LogP) is 18.3. The van der Waals surface area contributed by atoms with E-state index in [0.717, 1.165) is 34.1 Å². The number of para-hydroxylation sites is 6. The molecule has 4 heteroatoms. The summed E-state index contributed by atoms with van der Waals surface area (Å²) in [4.78, 5) is 4.85. The van der Waals surface area contributed by atoms with Gasteiger partial charge in [-0.15, -0.1) is 0 Å². The van der Waals surface area contributed by atoms with Gasteiger partial charge in [-0.1, -0.05) is 182 Å². The quantitative estimate of drug-likeness (QED) is 0.151. The first-order valence-electron chi connectivity index (χ1n) is 24.1. The Bertz CT molecular complexity index is 4060. The van der Waals surface area contributed by atoms with Crippen molar-refractivity contribution in [2.24, 2.45) is 0 Å². The molecule has 0 bridgehead atoms. The van der Waals surface area contributed by atoms with Crippen LogP contribution in [0.5, 0.6) is 0 Å². The number of nitrogens with zero attached hydrogens (tertiary/aromatic N) is 4. The summed E-state index contributed by atoms with van der Waals surface area (Å²) in [6, 6.07) is 93.2. The van der Waals surface area contributed by atoms with Gasteiger partial charge in [-0.05, 0) is 83.9 Å². The van der Waals surface area contributed by atoms with Gasteiger partial charge in [-0.25, -0.2) is 0 Å². The highest BCUT2D eigenvalue weighted by Crippen LogP contribution is 2.53. The number of fused-ring (bicyclic) bond motifs is 12. The monoisotopic (exact) mass is 890 g/mol. The third-order valence-electron chi connectivity index (χ3n) is 14.7. The van der Waals surface area contributed by atoms with Crippen LogP contribution < -0.4 is 9.80 Å². The molecule has 0 aliphatic carbocycles. The van der Waals surface area contributed by atoms with Crippen LogP contribution in [0.4, 0.5) is 34.1 Å². The summed E-state index contributed by atoms with van der Waals surface area (Å²) >= 11 is 0. The van der Waals surface area contributed by atoms with Crippen molar-refractivity contribution < 1.29 is 0 Å². The summed E-state index contributed by atoms with van der Waals surface area (Å²) in [7, 11) is 0. The van der Waals surface area contributed by atoms with E-state index in [0.29, 0.717) is 0 Å². The van der Waals surface area contributed by atoms with Crippen LogP contribution in [0.15, 0.2) is 255 Å². The van der Waals surface area contributed by atoms with Gasteiger partial charge in [0.15, 0.2) is 0 Å². The number of benzene rings is 11. The van der Waals surface area contributed by atoms with Crippen LogP contribution in [0.25, 0.3) is 98.4 Å². The maximum Gasteiger partial charge on any atom is 0.0641 e. The van der Waals surface area contributed by atoms with Crippen molar-refractivity contribution in [1.29, 1.82) is 0 Å². The molecule has 0 radical (unpaired) electrons. The first-order chi connectivity index (χ1) is 34.8. The van der Waals surface area contributed by atoms with Gasteiger partial charge in [0.1, 0.15) is 0 Å². The van der Waals surface area contributed by atoms with Crippen LogP contribution in [-0.4, -0.2) is 8.80 Å². The molecule has 0 saturated heterocycles. The smallest absolute Gasteiger partial charge is 0.0641 e. The van der Waals surface area contributed by atoms with E-state index < -0.39 is 0 Å². The maximum absolute atomic E-state index is 2.59. The lowest BCUT2D eigenvalue weighted by Crippen LogP contribution is -2.10. The van der Waals surface area contributed by atoms with Gasteiger partial charge in [0, 0.05) is 77.0 Å². The third-order valence-corrected chi connectivity index (χ3v) is 14.7. The molecule has 70 heavy (non-hydrogen) atoms. The Morgan fingerprint density at radius 1 is 0.243 bits per heavy atom. The standard InChI is InChI=1S/C66H42N4/c1-7-21-43(22-8-1)49-33-19-35-53-61-57(67(45-25-11-3-12-26-45)46-27-13-4-14-28-46)39-37-51-55-42-60-56(41-59(55)69(63(49)53)65(51)61)52-38-40-58(68(47-29-15-5-16-30-47)48-31-17-6-18-32-48)62-54-36-20-34-50(44-23-9-2-10-24-44)64(54)70(60)66(52)62/h1-42H. The van der Waals surface area contributed by atoms with Gasteiger partial charge in [0.05, 0.1) is 44.5 Å². The van der Waals surface area contributed by atoms with Gasteiger partial charge in [0.2, 0.25) is 0 Å². The van der Waals surface area contributed by atoms with E-state index in [1.807, 2.05) is 0 Å². The minimum absolute atomic E-state index is 1.12. The van der Waals surface area contributed by atoms with Crippen LogP contribution >= 0.6 is 0 Å². The van der Waals surface area contributed by atoms with Crippen molar-refractivity contribution in [3.05, 3.63) is 255 Å². The number of rotatable bonds is 8. The second-order valence-corrected chi connectivity index (χ2v) is 18.4. The molecule has 4 aromatic heterocycles. The van der Waals surface area contributed by atoms with Gasteiger partial charge in [0.25, 0.3) is 0 Å². The van der Waals surface area contributed by atoms with E-state index in [4.69, 9.17) is 0 Å². The summed E-state index contributed by atoms with van der Waals surface area (Å²) in [6.07, 6.45) is 0. The van der Waals surface area contributed by atoms with Gasteiger partial charge in [-0.2, -0.15) is 0 Å². The average molecular weight is 891 g/mol. The molecule has 4 heterocycles. The zero-order valence-electron chi connectivity index (χ0n) is 38.0. The molecule has 0 unspecified atom stereocenters. The fraction of sp³-hybridized carbons (Fsp3) is 0. The summed E-state index contributed by atoms with van der Waals surface area (Å²) < 4.78 is 5.18. The fourth-order valence-electron chi connectivity index (χ4n) is 11.9. The summed E-state index contributed by atoms with van der Waals surface area (Å²) in [6.45, 7) is 0. The minimum Gasteiger partial charge on any atom is -0.310 e. The van der Waals surface area contributed by atoms with E-state index in [1.54, 1.807) is 0 Å². The van der Waals surface area contributed by atoms with Crippen molar-refractivity contribution in [2.45, 2.75) is 0 Å². The first-order valence-corrected chi connectivity index (χ1v) is 24.1. The molecule has 0 aliphatic heterocycles. The lowest BCUT2D eigenvalue weighted by molar-refractivity contribution is 1.30. The highest BCUT2D eigenvalue weighted by atomic mass is 15.2. The van der Waals surface area contributed by atoms with Gasteiger partial charge < -0.3 is 18.6 Å². The minimum atomic E-state index is 1.12. The second-order valence-electron chi connectivity index (χ2n) is 18.4. The Morgan fingerprint density at radius 3 is 0.914 bits per heavy atom. The van der Waals surface area contributed by atoms with Crippen LogP contribution in [-0.2, 0) is 0 Å². The second kappa shape index (κ2) is 15.1. The number of hydrogen-bond acceptors (Lipinski definition) is 2. The predicted molar refractivity (Wildman–Crippen MR) is 296 cm³/mol. The van der Waals surface area contributed by atoms with E-state index in [-0.39, 0.29) is 0 Å². The Morgan fingerprint density at radius 2 is 0.571 bits per heavy atom. The maximum atomic E-state index is 2.59. The first kappa shape index (κ1) is 38.7. The van der Waals surface area contributed by atoms with Gasteiger partial charge in [-0.3, -0.25) is 0 Å². The summed E-state index contributed by atoms with van der Waals surface area (Å²) in [5.41, 5.74) is 18.9. The van der Waals surface area contributed by atoms with Crippen LogP contribution in [0, 0.1) is 0 Å². The molecule has 15 rings (SSSR count). The third kappa shape index (κ3) is 5.47. The molecule has 0 spiro atoms. The number of hydrogen-bond donors (Lipinski definition) is 0. The number of anilines is 6. The molecule has 0 saturated carbocycles. The highest BCUT2D eigenvalue weighted by Gasteiger charge is 2.29. The lowest BCUT2D eigenvalue weighted by Gasteiger charge is -2.26. The summed E-state index contributed by atoms with van der Waals surface area (Å²) in [5.74, 6) is 0. The Hall–Kier alpha value is -9.38. The SMILES string of the molecule is c1ccc(-c2cccc3c4c(N(c5ccccc5)c5ccccc5)ccc5c6cc7c(cc6n(c23)c54)c2ccc(N(c3ccccc3)c3ccccc3)c3c4cccc(-c5ccccc5)c4n7c23)cc1. The molecule has 0 N–H and O–H groups in total. The topological polar surface area (TPSA) is 15.3 Å². The van der Waals surface area contributed by atoms with Crippen molar-refractivity contribution in [3.63, 3.8) is 0 Å². The van der Waals surface area contributed by atoms with Crippen LogP contribution in [0.2, 0.25) is 0 Å². The molecule has 326 valence electrons. The average Bonchev–Trinajstić information content (AvgIpc) is 4.16. The highest BCUT2D eigenvalue weighted by molar-refractivity contribution is 6.33. The van der Waals surface area contributed by atoms with Crippen molar-refractivity contribution >= 4 is 110 Å². The molecule has 0 fully saturated rings. The van der Waals surface area contributed by atoms with Crippen molar-refractivity contribution in [3.8, 4) is 22.3 Å². The normalized spacial score (nSPS) is 12.0. The lowest BCUT2D eigenvalue weighted by atomic mass is 9.98. The van der Waals surface area contributed by atoms with E-state index in [9.17, 15) is 0 Å². The van der Waals surface area contributed by atoms with Crippen molar-refractivity contribution in [1.82, 2.24) is 8.80 Å². The fourth-order valence-corrected chi connectivity index (χ4v) is 11.9. The Kier molecular flexibility index (Phi) is 8.33. The van der Waals surface area contributed by atoms with Crippen LogP contribution in [0.3, 0.4) is 0 Å². The molecule has 15 aromatic rings. The molecule has 4 nitrogen and oxygen atoms in total. The Balaban J connectivity index is 1.11. The van der Waals surface area contributed by atoms with Crippen molar-refractivity contribution in [2.75, 3.05) is 9.80 Å². The molecule has 11 aromatic carbocycles. The van der Waals surface area contributed by atoms with E-state index in [1.165, 1.54) is 98.4 Å². The van der Waals surface area contributed by atoms with Gasteiger partial charge >= 0.3 is 0 Å². The van der Waals surface area contributed by atoms with E-state index in [2.05, 4.69) is 273 Å². The molecule has 0 amide bonds. The molecular weight excluding hydrogens is 849 g/mol. The molecular formula is C66H42N4.